The van der Waals surface area contributed by atoms with E-state index in [4.69, 9.17) is 5.73 Å². The highest BCUT2D eigenvalue weighted by molar-refractivity contribution is 5.83. The first-order valence-corrected chi connectivity index (χ1v) is 13.3. The van der Waals surface area contributed by atoms with Crippen LogP contribution in [0.1, 0.15) is 71.9 Å². The Hall–Kier alpha value is -3.08. The molecule has 0 aromatic carbocycles. The number of anilines is 1. The number of rotatable bonds is 4. The van der Waals surface area contributed by atoms with Gasteiger partial charge in [0.25, 0.3) is 5.92 Å². The molecule has 0 atom stereocenters. The molecule has 214 valence electrons. The SMILES string of the molecule is CC(C)=Nc1ccc(-c2ccn3nc(N)ncc23)nc1C.CC1(N2CCCC(F)(F)C2)CCC1.CCC(F)F. The lowest BCUT2D eigenvalue weighted by atomic mass is 9.76. The first kappa shape index (κ1) is 30.5. The van der Waals surface area contributed by atoms with Crippen molar-refractivity contribution in [2.75, 3.05) is 18.8 Å². The Balaban J connectivity index is 0.000000198. The van der Waals surface area contributed by atoms with Gasteiger partial charge in [0.2, 0.25) is 12.4 Å². The third-order valence-corrected chi connectivity index (χ3v) is 7.01. The fraction of sp³-hybridized carbons (Fsp3) is 0.571. The molecule has 5 rings (SSSR count). The molecule has 7 nitrogen and oxygen atoms in total. The quantitative estimate of drug-likeness (QED) is 0.277. The van der Waals surface area contributed by atoms with Crippen molar-refractivity contribution < 1.29 is 17.6 Å². The smallest absolute Gasteiger partial charge is 0.260 e. The average Bonchev–Trinajstić information content (AvgIpc) is 3.26. The molecule has 1 saturated carbocycles. The zero-order valence-corrected chi connectivity index (χ0v) is 23.4. The molecule has 4 heterocycles. The van der Waals surface area contributed by atoms with E-state index < -0.39 is 12.3 Å². The lowest BCUT2D eigenvalue weighted by Gasteiger charge is -2.50. The van der Waals surface area contributed by atoms with Gasteiger partial charge in [0.05, 0.1) is 35.3 Å². The molecule has 0 radical (unpaired) electrons. The summed E-state index contributed by atoms with van der Waals surface area (Å²) in [5, 5.41) is 4.13. The number of fused-ring (bicyclic) bond motifs is 1. The van der Waals surface area contributed by atoms with Crippen LogP contribution in [0.4, 0.5) is 29.2 Å². The van der Waals surface area contributed by atoms with Gasteiger partial charge in [-0.3, -0.25) is 14.9 Å². The van der Waals surface area contributed by atoms with E-state index in [1.165, 1.54) is 13.3 Å². The van der Waals surface area contributed by atoms with Gasteiger partial charge in [-0.2, -0.15) is 0 Å². The molecule has 0 spiro atoms. The van der Waals surface area contributed by atoms with Crippen molar-refractivity contribution >= 4 is 22.9 Å². The van der Waals surface area contributed by atoms with E-state index in [2.05, 4.69) is 27.0 Å². The maximum atomic E-state index is 13.1. The van der Waals surface area contributed by atoms with E-state index in [1.807, 2.05) is 50.1 Å². The maximum absolute atomic E-state index is 13.1. The number of piperidine rings is 1. The fourth-order valence-electron chi connectivity index (χ4n) is 4.62. The molecular formula is C28H39F4N7. The first-order chi connectivity index (χ1) is 18.3. The highest BCUT2D eigenvalue weighted by Crippen LogP contribution is 2.41. The maximum Gasteiger partial charge on any atom is 0.260 e. The minimum Gasteiger partial charge on any atom is -0.367 e. The van der Waals surface area contributed by atoms with Crippen LogP contribution in [0.5, 0.6) is 0 Å². The van der Waals surface area contributed by atoms with E-state index >= 15 is 0 Å². The molecule has 0 unspecified atom stereocenters. The van der Waals surface area contributed by atoms with Crippen LogP contribution in [0.3, 0.4) is 0 Å². The number of aryl methyl sites for hydroxylation is 1. The molecule has 11 heteroatoms. The third-order valence-electron chi connectivity index (χ3n) is 7.01. The number of nitrogen functional groups attached to an aromatic ring is 1. The predicted octanol–water partition coefficient (Wildman–Crippen LogP) is 7.12. The standard InChI is InChI=1S/C15H16N6.C10H17F2N.C3H6F2/c1-9(2)18-12-4-5-13(19-10(12)3)11-6-7-21-14(11)8-17-15(16)20-21;1-9(4-2-5-9)13-7-3-6-10(11,12)8-13;1-2-3(4)5/h4-8H,1-3H3,(H2,16,20);2-8H2,1H3;3H,2H2,1H3. The Bertz CT molecular complexity index is 1260. The first-order valence-electron chi connectivity index (χ1n) is 13.3. The van der Waals surface area contributed by atoms with Gasteiger partial charge in [-0.25, -0.2) is 27.1 Å². The third kappa shape index (κ3) is 8.20. The molecule has 0 amide bonds. The molecule has 3 aromatic rings. The molecule has 1 aliphatic heterocycles. The van der Waals surface area contributed by atoms with E-state index in [1.54, 1.807) is 10.7 Å². The Kier molecular flexibility index (Phi) is 10.0. The largest absolute Gasteiger partial charge is 0.367 e. The Morgan fingerprint density at radius 2 is 1.82 bits per heavy atom. The summed E-state index contributed by atoms with van der Waals surface area (Å²) < 4.78 is 49.4. The summed E-state index contributed by atoms with van der Waals surface area (Å²) in [6.07, 6.45) is 5.56. The molecule has 3 aromatic heterocycles. The molecule has 2 aliphatic rings. The number of alkyl halides is 4. The molecule has 1 saturated heterocycles. The lowest BCUT2D eigenvalue weighted by Crippen LogP contribution is -2.57. The van der Waals surface area contributed by atoms with Crippen LogP contribution in [-0.2, 0) is 0 Å². The second-order valence-corrected chi connectivity index (χ2v) is 10.6. The van der Waals surface area contributed by atoms with Crippen molar-refractivity contribution in [1.82, 2.24) is 24.5 Å². The summed E-state index contributed by atoms with van der Waals surface area (Å²) in [7, 11) is 0. The van der Waals surface area contributed by atoms with Crippen LogP contribution in [0.15, 0.2) is 35.6 Å². The summed E-state index contributed by atoms with van der Waals surface area (Å²) in [6.45, 7) is 10.3. The fourth-order valence-corrected chi connectivity index (χ4v) is 4.62. The average molecular weight is 550 g/mol. The van der Waals surface area contributed by atoms with Gasteiger partial charge in [0.15, 0.2) is 0 Å². The van der Waals surface area contributed by atoms with Crippen LogP contribution in [-0.4, -0.2) is 61.2 Å². The van der Waals surface area contributed by atoms with Crippen LogP contribution in [0, 0.1) is 6.92 Å². The van der Waals surface area contributed by atoms with Crippen LogP contribution >= 0.6 is 0 Å². The summed E-state index contributed by atoms with van der Waals surface area (Å²) in [5.41, 5.74) is 11.2. The van der Waals surface area contributed by atoms with Crippen molar-refractivity contribution in [3.63, 3.8) is 0 Å². The van der Waals surface area contributed by atoms with Crippen molar-refractivity contribution in [1.29, 1.82) is 0 Å². The number of likely N-dealkylation sites (tertiary alicyclic amines) is 1. The highest BCUT2D eigenvalue weighted by Gasteiger charge is 2.45. The monoisotopic (exact) mass is 549 g/mol. The predicted molar refractivity (Wildman–Crippen MR) is 148 cm³/mol. The highest BCUT2D eigenvalue weighted by atomic mass is 19.3. The van der Waals surface area contributed by atoms with Gasteiger partial charge in [-0.1, -0.05) is 6.92 Å². The number of aliphatic imine (C=N–C) groups is 1. The molecule has 39 heavy (non-hydrogen) atoms. The number of nitrogens with zero attached hydrogens (tertiary/aromatic N) is 6. The number of halogens is 4. The van der Waals surface area contributed by atoms with Gasteiger partial charge in [0.1, 0.15) is 0 Å². The molecular weight excluding hydrogens is 510 g/mol. The molecule has 0 bridgehead atoms. The van der Waals surface area contributed by atoms with E-state index in [9.17, 15) is 17.6 Å². The van der Waals surface area contributed by atoms with E-state index in [0.717, 1.165) is 53.3 Å². The lowest BCUT2D eigenvalue weighted by molar-refractivity contribution is -0.108. The number of aromatic nitrogens is 4. The summed E-state index contributed by atoms with van der Waals surface area (Å²) in [4.78, 5) is 15.1. The van der Waals surface area contributed by atoms with E-state index in [-0.39, 0.29) is 30.9 Å². The van der Waals surface area contributed by atoms with Crippen LogP contribution in [0.25, 0.3) is 16.8 Å². The minimum absolute atomic E-state index is 0.0104. The molecule has 2 N–H and O–H groups in total. The number of hydrogen-bond donors (Lipinski definition) is 1. The van der Waals surface area contributed by atoms with Gasteiger partial charge in [-0.05, 0) is 78.1 Å². The van der Waals surface area contributed by atoms with Crippen LogP contribution < -0.4 is 5.73 Å². The zero-order valence-electron chi connectivity index (χ0n) is 23.4. The summed E-state index contributed by atoms with van der Waals surface area (Å²) in [5.74, 6) is -2.19. The topological polar surface area (TPSA) is 84.7 Å². The van der Waals surface area contributed by atoms with Gasteiger partial charge in [-0.15, -0.1) is 5.10 Å². The van der Waals surface area contributed by atoms with Crippen LogP contribution in [0.2, 0.25) is 0 Å². The normalized spacial score (nSPS) is 17.9. The van der Waals surface area contributed by atoms with Crippen molar-refractivity contribution in [3.8, 4) is 11.3 Å². The number of pyridine rings is 1. The van der Waals surface area contributed by atoms with Gasteiger partial charge < -0.3 is 5.73 Å². The summed E-state index contributed by atoms with van der Waals surface area (Å²) in [6, 6.07) is 5.89. The van der Waals surface area contributed by atoms with Crippen molar-refractivity contribution in [2.45, 2.75) is 91.0 Å². The van der Waals surface area contributed by atoms with Gasteiger partial charge >= 0.3 is 0 Å². The zero-order chi connectivity index (χ0) is 28.8. The Morgan fingerprint density at radius 3 is 2.36 bits per heavy atom. The molecule has 1 aliphatic carbocycles. The summed E-state index contributed by atoms with van der Waals surface area (Å²) >= 11 is 0. The number of nitrogens with two attached hydrogens (primary N) is 1. The van der Waals surface area contributed by atoms with Crippen molar-refractivity contribution in [2.24, 2.45) is 4.99 Å². The van der Waals surface area contributed by atoms with Gasteiger partial charge in [0, 0.05) is 35.9 Å². The Labute approximate surface area is 227 Å². The Morgan fingerprint density at radius 1 is 1.13 bits per heavy atom. The van der Waals surface area contributed by atoms with E-state index in [0.29, 0.717) is 6.42 Å². The second kappa shape index (κ2) is 12.8. The van der Waals surface area contributed by atoms with Crippen molar-refractivity contribution in [3.05, 3.63) is 36.3 Å². The number of hydrogen-bond acceptors (Lipinski definition) is 6. The minimum atomic E-state index is -2.43. The second-order valence-electron chi connectivity index (χ2n) is 10.6. The molecule has 2 fully saturated rings.